The highest BCUT2D eigenvalue weighted by Gasteiger charge is 2.39. The second kappa shape index (κ2) is 6.06. The van der Waals surface area contributed by atoms with Crippen LogP contribution in [0.1, 0.15) is 29.8 Å². The largest absolute Gasteiger partial charge is 0.451 e. The molecule has 4 rings (SSSR count). The third-order valence-corrected chi connectivity index (χ3v) is 5.56. The van der Waals surface area contributed by atoms with Gasteiger partial charge < -0.3 is 15.1 Å². The second-order valence-electron chi connectivity index (χ2n) is 6.26. The fourth-order valence-electron chi connectivity index (χ4n) is 3.59. The fraction of sp³-hybridized carbons (Fsp3) is 0.389. The summed E-state index contributed by atoms with van der Waals surface area (Å²) in [6, 6.07) is 13.0. The van der Waals surface area contributed by atoms with Crippen LogP contribution in [0.5, 0.6) is 0 Å². The van der Waals surface area contributed by atoms with Crippen molar-refractivity contribution in [3.05, 3.63) is 42.2 Å². The first-order valence-electron chi connectivity index (χ1n) is 8.04. The number of hydrogen-bond acceptors (Lipinski definition) is 4. The Labute approximate surface area is 140 Å². The molecule has 0 spiro atoms. The number of benzene rings is 1. The molecular formula is C18H20N2O2S. The Bertz CT molecular complexity index is 710. The lowest BCUT2D eigenvalue weighted by Gasteiger charge is -2.20. The van der Waals surface area contributed by atoms with E-state index in [0.717, 1.165) is 24.2 Å². The summed E-state index contributed by atoms with van der Waals surface area (Å²) in [4.78, 5) is 13.6. The van der Waals surface area contributed by atoms with Gasteiger partial charge in [0.1, 0.15) is 5.76 Å². The highest BCUT2D eigenvalue weighted by atomic mass is 32.2. The zero-order valence-electron chi connectivity index (χ0n) is 13.0. The van der Waals surface area contributed by atoms with Crippen LogP contribution in [-0.4, -0.2) is 30.3 Å². The number of fused-ring (bicyclic) bond motifs is 2. The van der Waals surface area contributed by atoms with E-state index in [4.69, 9.17) is 4.42 Å². The monoisotopic (exact) mass is 328 g/mol. The molecule has 5 heteroatoms. The summed E-state index contributed by atoms with van der Waals surface area (Å²) < 4.78 is 5.76. The molecule has 23 heavy (non-hydrogen) atoms. The molecule has 2 fully saturated rings. The first-order chi connectivity index (χ1) is 11.2. The van der Waals surface area contributed by atoms with Crippen LogP contribution in [-0.2, 0) is 0 Å². The molecule has 120 valence electrons. The maximum absolute atomic E-state index is 12.4. The molecule has 2 aliphatic rings. The van der Waals surface area contributed by atoms with Crippen LogP contribution in [0.3, 0.4) is 0 Å². The Morgan fingerprint density at radius 3 is 2.70 bits per heavy atom. The average molecular weight is 328 g/mol. The highest BCUT2D eigenvalue weighted by molar-refractivity contribution is 7.98. The van der Waals surface area contributed by atoms with Gasteiger partial charge in [0.25, 0.3) is 5.91 Å². The summed E-state index contributed by atoms with van der Waals surface area (Å²) in [5, 5.41) is 6.64. The summed E-state index contributed by atoms with van der Waals surface area (Å²) in [5.41, 5.74) is 0.989. The Hall–Kier alpha value is -1.72. The minimum Gasteiger partial charge on any atom is -0.451 e. The first-order valence-corrected chi connectivity index (χ1v) is 9.26. The van der Waals surface area contributed by atoms with E-state index in [9.17, 15) is 4.79 Å². The molecule has 4 nitrogen and oxygen atoms in total. The van der Waals surface area contributed by atoms with Gasteiger partial charge >= 0.3 is 0 Å². The summed E-state index contributed by atoms with van der Waals surface area (Å²) in [7, 11) is 0. The van der Waals surface area contributed by atoms with Gasteiger partial charge in [-0.05, 0) is 49.8 Å². The van der Waals surface area contributed by atoms with Gasteiger partial charge in [0, 0.05) is 28.6 Å². The number of rotatable bonds is 4. The van der Waals surface area contributed by atoms with Crippen molar-refractivity contribution in [3.63, 3.8) is 0 Å². The summed E-state index contributed by atoms with van der Waals surface area (Å²) in [5.74, 6) is 1.00. The molecule has 1 aromatic carbocycles. The molecule has 0 radical (unpaired) electrons. The normalized spacial score (nSPS) is 25.7. The summed E-state index contributed by atoms with van der Waals surface area (Å²) in [6.45, 7) is 0. The van der Waals surface area contributed by atoms with Crippen LogP contribution in [0.25, 0.3) is 11.3 Å². The van der Waals surface area contributed by atoms with E-state index >= 15 is 0 Å². The lowest BCUT2D eigenvalue weighted by molar-refractivity contribution is 0.0903. The molecule has 0 saturated carbocycles. The topological polar surface area (TPSA) is 54.3 Å². The lowest BCUT2D eigenvalue weighted by Crippen LogP contribution is -2.42. The molecule has 3 atom stereocenters. The predicted octanol–water partition coefficient (Wildman–Crippen LogP) is 3.29. The van der Waals surface area contributed by atoms with Gasteiger partial charge in [-0.1, -0.05) is 12.1 Å². The van der Waals surface area contributed by atoms with Crippen molar-refractivity contribution < 1.29 is 9.21 Å². The van der Waals surface area contributed by atoms with Crippen molar-refractivity contribution in [1.82, 2.24) is 10.6 Å². The molecule has 2 aromatic rings. The standard InChI is InChI=1S/C18H20N2O2S/c1-23-13-5-2-11(3-6-13)16-8-9-17(22-16)18(21)20-15-10-12-4-7-14(15)19-12/h2-3,5-6,8-9,12,14-15,19H,4,7,10H2,1H3,(H,20,21)/t12-,14+,15-/m1/s1. The van der Waals surface area contributed by atoms with Crippen LogP contribution >= 0.6 is 11.8 Å². The van der Waals surface area contributed by atoms with Crippen molar-refractivity contribution in [2.24, 2.45) is 0 Å². The van der Waals surface area contributed by atoms with E-state index in [2.05, 4.69) is 29.0 Å². The molecule has 1 aromatic heterocycles. The zero-order valence-corrected chi connectivity index (χ0v) is 13.9. The minimum absolute atomic E-state index is 0.115. The number of amides is 1. The lowest BCUT2D eigenvalue weighted by atomic mass is 9.95. The van der Waals surface area contributed by atoms with Crippen LogP contribution in [0.4, 0.5) is 0 Å². The van der Waals surface area contributed by atoms with E-state index in [1.807, 2.05) is 18.2 Å². The van der Waals surface area contributed by atoms with Gasteiger partial charge in [-0.3, -0.25) is 4.79 Å². The number of hydrogen-bond donors (Lipinski definition) is 2. The maximum Gasteiger partial charge on any atom is 0.287 e. The molecule has 1 amide bonds. The smallest absolute Gasteiger partial charge is 0.287 e. The first kappa shape index (κ1) is 14.8. The number of thioether (sulfide) groups is 1. The zero-order chi connectivity index (χ0) is 15.8. The SMILES string of the molecule is CSc1ccc(-c2ccc(C(=O)N[C@@H]3C[C@H]4CC[C@@H]3N4)o2)cc1. The number of carbonyl (C=O) groups is 1. The quantitative estimate of drug-likeness (QED) is 0.846. The predicted molar refractivity (Wildman–Crippen MR) is 91.7 cm³/mol. The molecule has 3 heterocycles. The molecule has 0 aliphatic carbocycles. The number of furan rings is 1. The van der Waals surface area contributed by atoms with Gasteiger partial charge in [-0.2, -0.15) is 0 Å². The van der Waals surface area contributed by atoms with E-state index in [1.54, 1.807) is 17.8 Å². The molecule has 0 unspecified atom stereocenters. The second-order valence-corrected chi connectivity index (χ2v) is 7.14. The summed E-state index contributed by atoms with van der Waals surface area (Å²) >= 11 is 1.71. The fourth-order valence-corrected chi connectivity index (χ4v) is 4.00. The third-order valence-electron chi connectivity index (χ3n) is 4.82. The van der Waals surface area contributed by atoms with E-state index in [1.165, 1.54) is 11.3 Å². The minimum atomic E-state index is -0.115. The van der Waals surface area contributed by atoms with Gasteiger partial charge in [0.15, 0.2) is 5.76 Å². The van der Waals surface area contributed by atoms with Crippen molar-refractivity contribution in [2.75, 3.05) is 6.26 Å². The van der Waals surface area contributed by atoms with Crippen LogP contribution in [0.2, 0.25) is 0 Å². The van der Waals surface area contributed by atoms with Crippen molar-refractivity contribution in [1.29, 1.82) is 0 Å². The Balaban J connectivity index is 1.45. The van der Waals surface area contributed by atoms with E-state index < -0.39 is 0 Å². The Morgan fingerprint density at radius 1 is 1.22 bits per heavy atom. The van der Waals surface area contributed by atoms with Crippen molar-refractivity contribution >= 4 is 17.7 Å². The van der Waals surface area contributed by atoms with Gasteiger partial charge in [0.2, 0.25) is 0 Å². The molecule has 2 aliphatic heterocycles. The molecule has 2 saturated heterocycles. The van der Waals surface area contributed by atoms with E-state index in [-0.39, 0.29) is 11.9 Å². The van der Waals surface area contributed by atoms with Gasteiger partial charge in [-0.25, -0.2) is 0 Å². The van der Waals surface area contributed by atoms with Crippen LogP contribution in [0.15, 0.2) is 45.7 Å². The summed E-state index contributed by atoms with van der Waals surface area (Å²) in [6.07, 6.45) is 5.46. The molecule has 2 N–H and O–H groups in total. The van der Waals surface area contributed by atoms with Crippen LogP contribution < -0.4 is 10.6 Å². The van der Waals surface area contributed by atoms with Crippen molar-refractivity contribution in [3.8, 4) is 11.3 Å². The van der Waals surface area contributed by atoms with Gasteiger partial charge in [-0.15, -0.1) is 11.8 Å². The van der Waals surface area contributed by atoms with Crippen LogP contribution in [0, 0.1) is 0 Å². The Kier molecular flexibility index (Phi) is 3.91. The Morgan fingerprint density at radius 2 is 2.04 bits per heavy atom. The molecular weight excluding hydrogens is 308 g/mol. The average Bonchev–Trinajstić information content (AvgIpc) is 3.31. The van der Waals surface area contributed by atoms with Gasteiger partial charge in [0.05, 0.1) is 0 Å². The third kappa shape index (κ3) is 2.91. The van der Waals surface area contributed by atoms with Crippen molar-refractivity contribution in [2.45, 2.75) is 42.3 Å². The number of nitrogens with one attached hydrogen (secondary N) is 2. The maximum atomic E-state index is 12.4. The number of carbonyl (C=O) groups excluding carboxylic acids is 1. The molecule has 2 bridgehead atoms. The van der Waals surface area contributed by atoms with E-state index in [0.29, 0.717) is 17.8 Å². The highest BCUT2D eigenvalue weighted by Crippen LogP contribution is 2.29.